The highest BCUT2D eigenvalue weighted by Crippen LogP contribution is 2.28. The number of benzene rings is 2. The Bertz CT molecular complexity index is 1280. The van der Waals surface area contributed by atoms with E-state index < -0.39 is 10.0 Å². The van der Waals surface area contributed by atoms with Crippen molar-refractivity contribution in [3.05, 3.63) is 78.1 Å². The van der Waals surface area contributed by atoms with E-state index in [2.05, 4.69) is 15.0 Å². The van der Waals surface area contributed by atoms with Gasteiger partial charge in [0, 0.05) is 22.2 Å². The number of carbonyl (C=O) groups is 1. The largest absolute Gasteiger partial charge is 0.459 e. The van der Waals surface area contributed by atoms with E-state index in [1.54, 1.807) is 30.3 Å². The molecule has 0 bridgehead atoms. The highest BCUT2D eigenvalue weighted by molar-refractivity contribution is 7.92. The van der Waals surface area contributed by atoms with Gasteiger partial charge in [-0.25, -0.2) is 13.4 Å². The smallest absolute Gasteiger partial charge is 0.293 e. The summed E-state index contributed by atoms with van der Waals surface area (Å²) >= 11 is 1.29. The van der Waals surface area contributed by atoms with E-state index in [0.717, 1.165) is 17.4 Å². The zero-order chi connectivity index (χ0) is 21.1. The molecule has 2 heterocycles. The fourth-order valence-corrected chi connectivity index (χ4v) is 4.15. The van der Waals surface area contributed by atoms with Crippen LogP contribution in [0.15, 0.2) is 76.7 Å². The first kappa shape index (κ1) is 19.9. The first-order chi connectivity index (χ1) is 14.4. The normalized spacial score (nSPS) is 11.2. The molecule has 2 aromatic carbocycles. The Hall–Kier alpha value is -3.43. The first-order valence-corrected chi connectivity index (χ1v) is 11.6. The summed E-state index contributed by atoms with van der Waals surface area (Å²) in [5.41, 5.74) is 3.53. The van der Waals surface area contributed by atoms with E-state index >= 15 is 0 Å². The monoisotopic (exact) mass is 439 g/mol. The Morgan fingerprint density at radius 2 is 1.73 bits per heavy atom. The van der Waals surface area contributed by atoms with Gasteiger partial charge in [-0.3, -0.25) is 14.8 Å². The van der Waals surface area contributed by atoms with E-state index in [4.69, 9.17) is 4.42 Å². The standard InChI is InChI=1S/C21H17N3O4S2/c1-30(26,27)24-16-9-7-15(8-10-16)18-13-29-21(22-18)23-20(25)19-17(11-12-28-19)14-5-3-2-4-6-14/h2-13,24H,1H3,(H,22,23,25). The van der Waals surface area contributed by atoms with Crippen LogP contribution in [0.1, 0.15) is 10.6 Å². The topological polar surface area (TPSA) is 101 Å². The SMILES string of the molecule is CS(=O)(=O)Nc1ccc(-c2csc(NC(=O)c3occc3-c3ccccc3)n2)cc1. The van der Waals surface area contributed by atoms with Crippen LogP contribution in [0.25, 0.3) is 22.4 Å². The lowest BCUT2D eigenvalue weighted by Crippen LogP contribution is -2.11. The molecule has 4 aromatic rings. The summed E-state index contributed by atoms with van der Waals surface area (Å²) in [6.45, 7) is 0. The number of carbonyl (C=O) groups excluding carboxylic acids is 1. The van der Waals surface area contributed by atoms with Crippen molar-refractivity contribution in [1.82, 2.24) is 4.98 Å². The molecule has 0 unspecified atom stereocenters. The number of rotatable bonds is 6. The maximum Gasteiger partial charge on any atom is 0.293 e. The third-order valence-electron chi connectivity index (χ3n) is 4.16. The van der Waals surface area contributed by atoms with E-state index in [0.29, 0.717) is 22.1 Å². The molecule has 0 aliphatic carbocycles. The fraction of sp³-hybridized carbons (Fsp3) is 0.0476. The molecule has 7 nitrogen and oxygen atoms in total. The molecule has 0 atom stereocenters. The lowest BCUT2D eigenvalue weighted by atomic mass is 10.1. The molecule has 1 amide bonds. The van der Waals surface area contributed by atoms with Gasteiger partial charge in [-0.1, -0.05) is 42.5 Å². The van der Waals surface area contributed by atoms with Gasteiger partial charge in [-0.15, -0.1) is 11.3 Å². The molecule has 0 fully saturated rings. The van der Waals surface area contributed by atoms with Gasteiger partial charge in [-0.2, -0.15) is 0 Å². The molecule has 0 spiro atoms. The Labute approximate surface area is 177 Å². The van der Waals surface area contributed by atoms with Crippen LogP contribution >= 0.6 is 11.3 Å². The molecule has 0 aliphatic heterocycles. The molecule has 9 heteroatoms. The average Bonchev–Trinajstić information content (AvgIpc) is 3.38. The number of anilines is 2. The average molecular weight is 440 g/mol. The highest BCUT2D eigenvalue weighted by atomic mass is 32.2. The molecular formula is C21H17N3O4S2. The van der Waals surface area contributed by atoms with E-state index in [9.17, 15) is 13.2 Å². The van der Waals surface area contributed by atoms with Crippen molar-refractivity contribution in [2.75, 3.05) is 16.3 Å². The lowest BCUT2D eigenvalue weighted by Gasteiger charge is -2.04. The van der Waals surface area contributed by atoms with Gasteiger partial charge in [0.25, 0.3) is 5.91 Å². The number of amides is 1. The molecule has 0 radical (unpaired) electrons. The van der Waals surface area contributed by atoms with Crippen LogP contribution in [0.3, 0.4) is 0 Å². The lowest BCUT2D eigenvalue weighted by molar-refractivity contribution is 0.0997. The number of aromatic nitrogens is 1. The Morgan fingerprint density at radius 3 is 2.43 bits per heavy atom. The molecule has 2 aromatic heterocycles. The van der Waals surface area contributed by atoms with E-state index in [1.807, 2.05) is 35.7 Å². The highest BCUT2D eigenvalue weighted by Gasteiger charge is 2.18. The van der Waals surface area contributed by atoms with Crippen molar-refractivity contribution in [1.29, 1.82) is 0 Å². The summed E-state index contributed by atoms with van der Waals surface area (Å²) in [7, 11) is -3.33. The minimum Gasteiger partial charge on any atom is -0.459 e. The molecular weight excluding hydrogens is 422 g/mol. The maximum atomic E-state index is 12.7. The van der Waals surface area contributed by atoms with Gasteiger partial charge >= 0.3 is 0 Å². The number of nitrogens with zero attached hydrogens (tertiary/aromatic N) is 1. The van der Waals surface area contributed by atoms with Gasteiger partial charge in [0.05, 0.1) is 18.2 Å². The minimum absolute atomic E-state index is 0.217. The minimum atomic E-state index is -3.33. The van der Waals surface area contributed by atoms with Crippen LogP contribution in [0.4, 0.5) is 10.8 Å². The predicted octanol–water partition coefficient (Wildman–Crippen LogP) is 4.69. The van der Waals surface area contributed by atoms with Gasteiger partial charge in [0.2, 0.25) is 10.0 Å². The molecule has 2 N–H and O–H groups in total. The van der Waals surface area contributed by atoms with Crippen molar-refractivity contribution >= 4 is 38.1 Å². The number of thiazole rings is 1. The second-order valence-electron chi connectivity index (χ2n) is 6.47. The second-order valence-corrected chi connectivity index (χ2v) is 9.08. The molecule has 0 saturated carbocycles. The third-order valence-corrected chi connectivity index (χ3v) is 5.53. The number of nitrogens with one attached hydrogen (secondary N) is 2. The van der Waals surface area contributed by atoms with Crippen molar-refractivity contribution in [2.45, 2.75) is 0 Å². The Morgan fingerprint density at radius 1 is 1.00 bits per heavy atom. The summed E-state index contributed by atoms with van der Waals surface area (Å²) in [6, 6.07) is 18.1. The summed E-state index contributed by atoms with van der Waals surface area (Å²) in [4.78, 5) is 17.1. The molecule has 0 saturated heterocycles. The summed E-state index contributed by atoms with van der Waals surface area (Å²) < 4.78 is 30.4. The van der Waals surface area contributed by atoms with Crippen LogP contribution < -0.4 is 10.0 Å². The van der Waals surface area contributed by atoms with Gasteiger partial charge in [-0.05, 0) is 23.8 Å². The van der Waals surface area contributed by atoms with Gasteiger partial charge in [0.15, 0.2) is 10.9 Å². The number of hydrogen-bond donors (Lipinski definition) is 2. The van der Waals surface area contributed by atoms with Crippen LogP contribution in [0.5, 0.6) is 0 Å². The quantitative estimate of drug-likeness (QED) is 0.454. The number of furan rings is 1. The van der Waals surface area contributed by atoms with E-state index in [1.165, 1.54) is 17.6 Å². The van der Waals surface area contributed by atoms with Crippen molar-refractivity contribution in [3.8, 4) is 22.4 Å². The van der Waals surface area contributed by atoms with Crippen molar-refractivity contribution in [3.63, 3.8) is 0 Å². The van der Waals surface area contributed by atoms with Gasteiger partial charge in [0.1, 0.15) is 0 Å². The molecule has 152 valence electrons. The van der Waals surface area contributed by atoms with Crippen molar-refractivity contribution < 1.29 is 17.6 Å². The number of hydrogen-bond acceptors (Lipinski definition) is 6. The summed E-state index contributed by atoms with van der Waals surface area (Å²) in [5.74, 6) is -0.165. The molecule has 4 rings (SSSR count). The molecule has 30 heavy (non-hydrogen) atoms. The van der Waals surface area contributed by atoms with Crippen LogP contribution in [0.2, 0.25) is 0 Å². The van der Waals surface area contributed by atoms with Crippen LogP contribution in [0, 0.1) is 0 Å². The second kappa shape index (κ2) is 8.13. The molecule has 0 aliphatic rings. The maximum absolute atomic E-state index is 12.7. The van der Waals surface area contributed by atoms with Crippen molar-refractivity contribution in [2.24, 2.45) is 0 Å². The fourth-order valence-electron chi connectivity index (χ4n) is 2.87. The first-order valence-electron chi connectivity index (χ1n) is 8.87. The zero-order valence-electron chi connectivity index (χ0n) is 15.8. The van der Waals surface area contributed by atoms with Crippen LogP contribution in [-0.2, 0) is 10.0 Å². The Balaban J connectivity index is 1.49. The zero-order valence-corrected chi connectivity index (χ0v) is 17.5. The summed E-state index contributed by atoms with van der Waals surface area (Å²) in [5, 5.41) is 5.02. The third kappa shape index (κ3) is 4.58. The Kier molecular flexibility index (Phi) is 5.39. The van der Waals surface area contributed by atoms with Crippen LogP contribution in [-0.4, -0.2) is 25.6 Å². The van der Waals surface area contributed by atoms with E-state index in [-0.39, 0.29) is 11.7 Å². The predicted molar refractivity (Wildman–Crippen MR) is 118 cm³/mol. The van der Waals surface area contributed by atoms with Gasteiger partial charge < -0.3 is 4.42 Å². The number of sulfonamides is 1. The summed E-state index contributed by atoms with van der Waals surface area (Å²) in [6.07, 6.45) is 2.58.